The minimum Gasteiger partial charge on any atom is -0.377 e. The fraction of sp³-hybridized carbons (Fsp3) is 0.857. The van der Waals surface area contributed by atoms with Gasteiger partial charge in [-0.05, 0) is 13.8 Å². The Morgan fingerprint density at radius 3 is 2.60 bits per heavy atom. The summed E-state index contributed by atoms with van der Waals surface area (Å²) in [6.45, 7) is 5.23. The summed E-state index contributed by atoms with van der Waals surface area (Å²) in [6.07, 6.45) is 1.05. The number of hydrogen-bond acceptors (Lipinski definition) is 2. The van der Waals surface area contributed by atoms with Crippen LogP contribution in [0.1, 0.15) is 13.8 Å². The third-order valence-electron chi connectivity index (χ3n) is 1.08. The fourth-order valence-corrected chi connectivity index (χ4v) is 0.485. The highest BCUT2D eigenvalue weighted by atomic mass is 16.5. The SMILES string of the molecule is CC(C)OCCN(C)C=O. The van der Waals surface area contributed by atoms with Crippen LogP contribution in [0.2, 0.25) is 0 Å². The van der Waals surface area contributed by atoms with Crippen LogP contribution in [-0.4, -0.2) is 37.6 Å². The minimum absolute atomic E-state index is 0.250. The Kier molecular flexibility index (Phi) is 4.94. The van der Waals surface area contributed by atoms with E-state index in [0.29, 0.717) is 13.2 Å². The Morgan fingerprint density at radius 1 is 1.60 bits per heavy atom. The standard InChI is InChI=1S/C7H15NO2/c1-7(2)10-5-4-8(3)6-9/h6-7H,4-5H2,1-3H3. The molecule has 0 aliphatic carbocycles. The third kappa shape index (κ3) is 5.56. The number of carbonyl (C=O) groups is 1. The summed E-state index contributed by atoms with van der Waals surface area (Å²) >= 11 is 0. The van der Waals surface area contributed by atoms with E-state index < -0.39 is 0 Å². The van der Waals surface area contributed by atoms with Crippen molar-refractivity contribution in [1.82, 2.24) is 4.90 Å². The lowest BCUT2D eigenvalue weighted by molar-refractivity contribution is -0.117. The quantitative estimate of drug-likeness (QED) is 0.527. The maximum atomic E-state index is 10.1. The van der Waals surface area contributed by atoms with Crippen molar-refractivity contribution in [3.8, 4) is 0 Å². The molecule has 0 unspecified atom stereocenters. The highest BCUT2D eigenvalue weighted by molar-refractivity contribution is 5.46. The van der Waals surface area contributed by atoms with Gasteiger partial charge in [0.05, 0.1) is 12.7 Å². The van der Waals surface area contributed by atoms with Crippen LogP contribution in [-0.2, 0) is 9.53 Å². The van der Waals surface area contributed by atoms with Crippen molar-refractivity contribution < 1.29 is 9.53 Å². The number of likely N-dealkylation sites (N-methyl/N-ethyl adjacent to an activating group) is 1. The number of carbonyl (C=O) groups excluding carboxylic acids is 1. The van der Waals surface area contributed by atoms with Crippen LogP contribution in [0.5, 0.6) is 0 Å². The average Bonchev–Trinajstić information content (AvgIpc) is 1.87. The highest BCUT2D eigenvalue weighted by Gasteiger charge is 1.94. The Bertz CT molecular complexity index is 93.6. The molecule has 0 aromatic rings. The zero-order chi connectivity index (χ0) is 7.98. The highest BCUT2D eigenvalue weighted by Crippen LogP contribution is 1.86. The lowest BCUT2D eigenvalue weighted by Gasteiger charge is -2.11. The maximum absolute atomic E-state index is 10.1. The molecule has 0 saturated heterocycles. The first-order valence-corrected chi connectivity index (χ1v) is 3.44. The lowest BCUT2D eigenvalue weighted by atomic mass is 10.5. The van der Waals surface area contributed by atoms with Crippen molar-refractivity contribution >= 4 is 6.41 Å². The van der Waals surface area contributed by atoms with Gasteiger partial charge in [-0.25, -0.2) is 0 Å². The van der Waals surface area contributed by atoms with Gasteiger partial charge in [0.2, 0.25) is 6.41 Å². The van der Waals surface area contributed by atoms with Crippen LogP contribution in [0, 0.1) is 0 Å². The molecule has 0 aliphatic rings. The Hall–Kier alpha value is -0.570. The summed E-state index contributed by atoms with van der Waals surface area (Å²) < 4.78 is 5.21. The second kappa shape index (κ2) is 5.23. The Labute approximate surface area is 62.0 Å². The van der Waals surface area contributed by atoms with E-state index in [1.165, 1.54) is 0 Å². The van der Waals surface area contributed by atoms with E-state index in [0.717, 1.165) is 6.41 Å². The predicted molar refractivity (Wildman–Crippen MR) is 39.8 cm³/mol. The number of rotatable bonds is 5. The van der Waals surface area contributed by atoms with E-state index in [-0.39, 0.29) is 6.10 Å². The number of amides is 1. The molecule has 1 amide bonds. The number of ether oxygens (including phenoxy) is 1. The second-order valence-corrected chi connectivity index (χ2v) is 2.51. The molecule has 3 heteroatoms. The molecule has 0 heterocycles. The predicted octanol–water partition coefficient (Wildman–Crippen LogP) is 0.500. The van der Waals surface area contributed by atoms with Gasteiger partial charge < -0.3 is 9.64 Å². The fourth-order valence-electron chi connectivity index (χ4n) is 0.485. The first-order chi connectivity index (χ1) is 4.66. The van der Waals surface area contributed by atoms with Crippen LogP contribution < -0.4 is 0 Å². The van der Waals surface area contributed by atoms with Crippen molar-refractivity contribution in [2.45, 2.75) is 20.0 Å². The molecule has 0 N–H and O–H groups in total. The van der Waals surface area contributed by atoms with Crippen LogP contribution in [0.25, 0.3) is 0 Å². The summed E-state index contributed by atoms with van der Waals surface area (Å²) in [7, 11) is 1.73. The third-order valence-corrected chi connectivity index (χ3v) is 1.08. The summed E-state index contributed by atoms with van der Waals surface area (Å²) in [5.74, 6) is 0. The van der Waals surface area contributed by atoms with Crippen LogP contribution in [0.3, 0.4) is 0 Å². The molecule has 0 spiro atoms. The van der Waals surface area contributed by atoms with Crippen molar-refractivity contribution in [3.63, 3.8) is 0 Å². The van der Waals surface area contributed by atoms with E-state index in [4.69, 9.17) is 4.74 Å². The molecule has 0 aromatic heterocycles. The molecule has 0 fully saturated rings. The number of nitrogens with zero attached hydrogens (tertiary/aromatic N) is 1. The van der Waals surface area contributed by atoms with Gasteiger partial charge in [0, 0.05) is 13.6 Å². The van der Waals surface area contributed by atoms with Gasteiger partial charge in [0.25, 0.3) is 0 Å². The molecule has 3 nitrogen and oxygen atoms in total. The van der Waals surface area contributed by atoms with Gasteiger partial charge in [-0.3, -0.25) is 4.79 Å². The molecule has 0 aliphatic heterocycles. The number of hydrogen-bond donors (Lipinski definition) is 0. The van der Waals surface area contributed by atoms with E-state index in [1.807, 2.05) is 13.8 Å². The largest absolute Gasteiger partial charge is 0.377 e. The van der Waals surface area contributed by atoms with Crippen molar-refractivity contribution in [1.29, 1.82) is 0 Å². The molecule has 0 rings (SSSR count). The summed E-state index contributed by atoms with van der Waals surface area (Å²) in [5.41, 5.74) is 0. The van der Waals surface area contributed by atoms with E-state index >= 15 is 0 Å². The summed E-state index contributed by atoms with van der Waals surface area (Å²) in [6, 6.07) is 0. The van der Waals surface area contributed by atoms with Crippen LogP contribution >= 0.6 is 0 Å². The lowest BCUT2D eigenvalue weighted by Crippen LogP contribution is -2.22. The molecule has 0 saturated carbocycles. The minimum atomic E-state index is 0.250. The van der Waals surface area contributed by atoms with Gasteiger partial charge in [-0.15, -0.1) is 0 Å². The maximum Gasteiger partial charge on any atom is 0.209 e. The molecule has 60 valence electrons. The Morgan fingerprint density at radius 2 is 2.20 bits per heavy atom. The zero-order valence-corrected chi connectivity index (χ0v) is 6.83. The summed E-state index contributed by atoms with van der Waals surface area (Å²) in [4.78, 5) is 11.6. The van der Waals surface area contributed by atoms with Gasteiger partial charge in [0.15, 0.2) is 0 Å². The molecular weight excluding hydrogens is 130 g/mol. The van der Waals surface area contributed by atoms with Crippen LogP contribution in [0.4, 0.5) is 0 Å². The van der Waals surface area contributed by atoms with Crippen LogP contribution in [0.15, 0.2) is 0 Å². The molecule has 0 radical (unpaired) electrons. The monoisotopic (exact) mass is 145 g/mol. The first-order valence-electron chi connectivity index (χ1n) is 3.44. The van der Waals surface area contributed by atoms with E-state index in [1.54, 1.807) is 11.9 Å². The van der Waals surface area contributed by atoms with Crippen molar-refractivity contribution in [3.05, 3.63) is 0 Å². The van der Waals surface area contributed by atoms with Gasteiger partial charge in [-0.2, -0.15) is 0 Å². The topological polar surface area (TPSA) is 29.5 Å². The average molecular weight is 145 g/mol. The van der Waals surface area contributed by atoms with E-state index in [2.05, 4.69) is 0 Å². The molecular formula is C7H15NO2. The first kappa shape index (κ1) is 9.43. The van der Waals surface area contributed by atoms with E-state index in [9.17, 15) is 4.79 Å². The van der Waals surface area contributed by atoms with Gasteiger partial charge in [-0.1, -0.05) is 0 Å². The van der Waals surface area contributed by atoms with Gasteiger partial charge >= 0.3 is 0 Å². The smallest absolute Gasteiger partial charge is 0.209 e. The van der Waals surface area contributed by atoms with Crippen molar-refractivity contribution in [2.75, 3.05) is 20.2 Å². The zero-order valence-electron chi connectivity index (χ0n) is 6.83. The summed E-state index contributed by atoms with van der Waals surface area (Å²) in [5, 5.41) is 0. The van der Waals surface area contributed by atoms with Gasteiger partial charge in [0.1, 0.15) is 0 Å². The molecule has 0 bridgehead atoms. The molecule has 0 atom stereocenters. The molecule has 10 heavy (non-hydrogen) atoms. The molecule has 0 aromatic carbocycles. The normalized spacial score (nSPS) is 10.0. The second-order valence-electron chi connectivity index (χ2n) is 2.51. The van der Waals surface area contributed by atoms with Crippen molar-refractivity contribution in [2.24, 2.45) is 0 Å². The Balaban J connectivity index is 3.11.